The van der Waals surface area contributed by atoms with E-state index in [9.17, 15) is 19.1 Å². The van der Waals surface area contributed by atoms with E-state index < -0.39 is 12.1 Å². The predicted molar refractivity (Wildman–Crippen MR) is 108 cm³/mol. The molecule has 2 aliphatic heterocycles. The Hall–Kier alpha value is -3.06. The monoisotopic (exact) mass is 408 g/mol. The highest BCUT2D eigenvalue weighted by molar-refractivity contribution is 5.99. The average molecular weight is 408 g/mol. The molecule has 7 heteroatoms. The number of hydrogen-bond donors (Lipinski definition) is 1. The van der Waals surface area contributed by atoms with Crippen LogP contribution >= 0.6 is 0 Å². The Bertz CT molecular complexity index is 1200. The number of carbonyl (C=O) groups is 2. The third-order valence-corrected chi connectivity index (χ3v) is 6.35. The summed E-state index contributed by atoms with van der Waals surface area (Å²) in [6, 6.07) is 1.47. The van der Waals surface area contributed by atoms with Crippen LogP contribution in [0.5, 0.6) is 0 Å². The van der Waals surface area contributed by atoms with E-state index in [1.54, 1.807) is 31.0 Å². The first kappa shape index (κ1) is 18.9. The number of halogens is 1. The molecule has 1 aromatic heterocycles. The fourth-order valence-corrected chi connectivity index (χ4v) is 4.74. The Labute approximate surface area is 172 Å². The zero-order valence-electron chi connectivity index (χ0n) is 16.8. The molecule has 0 spiro atoms. The lowest BCUT2D eigenvalue weighted by Gasteiger charge is -2.27. The minimum absolute atomic E-state index is 0.175. The minimum Gasteiger partial charge on any atom is -0.458 e. The van der Waals surface area contributed by atoms with Gasteiger partial charge in [0, 0.05) is 36.2 Å². The maximum Gasteiger partial charge on any atom is 0.340 e. The lowest BCUT2D eigenvalue weighted by molar-refractivity contribution is -0.152. The number of amides is 1. The number of likely N-dealkylation sites (N-methyl/N-ethyl adjacent to an activating group) is 1. The highest BCUT2D eigenvalue weighted by atomic mass is 19.1. The summed E-state index contributed by atoms with van der Waals surface area (Å²) in [5.41, 5.74) is 5.36. The van der Waals surface area contributed by atoms with Crippen LogP contribution < -0.4 is 0 Å². The van der Waals surface area contributed by atoms with Gasteiger partial charge in [-0.2, -0.15) is 0 Å². The number of esters is 1. The predicted octanol–water partition coefficient (Wildman–Crippen LogP) is 2.37. The molecule has 154 valence electrons. The van der Waals surface area contributed by atoms with Crippen molar-refractivity contribution in [2.75, 3.05) is 13.7 Å². The van der Waals surface area contributed by atoms with E-state index in [-0.39, 0.29) is 29.5 Å². The molecular weight excluding hydrogens is 387 g/mol. The largest absolute Gasteiger partial charge is 0.458 e. The first-order chi connectivity index (χ1) is 14.4. The number of aryl methyl sites for hydroxylation is 2. The van der Waals surface area contributed by atoms with Crippen LogP contribution in [0.15, 0.2) is 23.3 Å². The van der Waals surface area contributed by atoms with Gasteiger partial charge in [-0.25, -0.2) is 14.2 Å². The number of pyridine rings is 1. The van der Waals surface area contributed by atoms with E-state index in [1.165, 1.54) is 6.07 Å². The minimum atomic E-state index is -1.52. The number of aromatic nitrogens is 1. The van der Waals surface area contributed by atoms with Crippen LogP contribution in [0.3, 0.4) is 0 Å². The van der Waals surface area contributed by atoms with Gasteiger partial charge < -0.3 is 14.7 Å². The number of benzene rings is 1. The van der Waals surface area contributed by atoms with E-state index in [1.807, 2.05) is 0 Å². The van der Waals surface area contributed by atoms with Crippen molar-refractivity contribution in [1.82, 2.24) is 9.88 Å². The zero-order valence-corrected chi connectivity index (χ0v) is 16.8. The number of rotatable bonds is 0. The summed E-state index contributed by atoms with van der Waals surface area (Å²) in [7, 11) is 1.68. The summed E-state index contributed by atoms with van der Waals surface area (Å²) in [5, 5.41) is 11.3. The molecule has 3 aliphatic rings. The molecule has 0 radical (unpaired) electrons. The van der Waals surface area contributed by atoms with Crippen molar-refractivity contribution < 1.29 is 23.8 Å². The summed E-state index contributed by atoms with van der Waals surface area (Å²) >= 11 is 0. The van der Waals surface area contributed by atoms with Crippen molar-refractivity contribution >= 4 is 28.9 Å². The molecule has 1 aliphatic carbocycles. The lowest BCUT2D eigenvalue weighted by atomic mass is 9.84. The Morgan fingerprint density at radius 1 is 1.20 bits per heavy atom. The summed E-state index contributed by atoms with van der Waals surface area (Å²) < 4.78 is 19.5. The van der Waals surface area contributed by atoms with Crippen LogP contribution in [0.25, 0.3) is 17.0 Å². The molecule has 0 saturated heterocycles. The molecule has 3 heterocycles. The van der Waals surface area contributed by atoms with Crippen molar-refractivity contribution in [3.8, 4) is 0 Å². The molecule has 1 amide bonds. The van der Waals surface area contributed by atoms with E-state index in [0.29, 0.717) is 23.3 Å². The van der Waals surface area contributed by atoms with Gasteiger partial charge in [0.1, 0.15) is 12.4 Å². The van der Waals surface area contributed by atoms with Gasteiger partial charge in [0.05, 0.1) is 16.8 Å². The molecule has 5 rings (SSSR count). The Kier molecular flexibility index (Phi) is 4.25. The molecular formula is C23H21FN2O4. The Morgan fingerprint density at radius 3 is 2.77 bits per heavy atom. The van der Waals surface area contributed by atoms with Gasteiger partial charge in [0.2, 0.25) is 0 Å². The van der Waals surface area contributed by atoms with Crippen molar-refractivity contribution in [3.05, 3.63) is 57.1 Å². The van der Waals surface area contributed by atoms with E-state index in [0.717, 1.165) is 41.3 Å². The topological polar surface area (TPSA) is 79.7 Å². The maximum atomic E-state index is 14.5. The molecule has 0 bridgehead atoms. The third-order valence-electron chi connectivity index (χ3n) is 6.35. The van der Waals surface area contributed by atoms with Crippen LogP contribution in [-0.2, 0) is 33.7 Å². The average Bonchev–Trinajstić information content (AvgIpc) is 2.78. The van der Waals surface area contributed by atoms with Gasteiger partial charge in [-0.15, -0.1) is 0 Å². The number of aliphatic hydroxyl groups excluding tert-OH is 1. The number of fused-ring (bicyclic) bond motifs is 2. The Morgan fingerprint density at radius 2 is 1.97 bits per heavy atom. The lowest BCUT2D eigenvalue weighted by Crippen LogP contribution is -2.38. The van der Waals surface area contributed by atoms with Gasteiger partial charge in [-0.05, 0) is 49.0 Å². The third kappa shape index (κ3) is 2.69. The van der Waals surface area contributed by atoms with Crippen molar-refractivity contribution in [1.29, 1.82) is 0 Å². The molecule has 2 aromatic rings. The molecule has 0 saturated carbocycles. The van der Waals surface area contributed by atoms with Gasteiger partial charge in [0.15, 0.2) is 6.10 Å². The van der Waals surface area contributed by atoms with Gasteiger partial charge in [-0.1, -0.05) is 6.08 Å². The van der Waals surface area contributed by atoms with Gasteiger partial charge >= 0.3 is 5.97 Å². The van der Waals surface area contributed by atoms with Crippen LogP contribution in [0.1, 0.15) is 34.4 Å². The molecule has 1 atom stereocenters. The fourth-order valence-electron chi connectivity index (χ4n) is 4.74. The SMILES string of the molecule is Cc1c(F)cc2nc3c(c4c2c1CCC4)CN(C)C(=O)C1=C(/C=C/3)C(O)C(=O)OC1. The zero-order chi connectivity index (χ0) is 21.2. The normalized spacial score (nSPS) is 22.1. The number of ether oxygens (including phenoxy) is 1. The number of cyclic esters (lactones) is 1. The second kappa shape index (κ2) is 6.74. The molecule has 0 fully saturated rings. The summed E-state index contributed by atoms with van der Waals surface area (Å²) in [5.74, 6) is -1.35. The van der Waals surface area contributed by atoms with Crippen LogP contribution in [0.4, 0.5) is 4.39 Å². The van der Waals surface area contributed by atoms with E-state index >= 15 is 0 Å². The molecule has 1 aromatic carbocycles. The van der Waals surface area contributed by atoms with Crippen LogP contribution in [0.2, 0.25) is 0 Å². The quantitative estimate of drug-likeness (QED) is 0.677. The highest BCUT2D eigenvalue weighted by Gasteiger charge is 2.34. The second-order valence-corrected chi connectivity index (χ2v) is 8.10. The fraction of sp³-hybridized carbons (Fsp3) is 0.348. The van der Waals surface area contributed by atoms with Crippen molar-refractivity contribution in [2.45, 2.75) is 38.8 Å². The second-order valence-electron chi connectivity index (χ2n) is 8.10. The molecule has 6 nitrogen and oxygen atoms in total. The molecule has 30 heavy (non-hydrogen) atoms. The van der Waals surface area contributed by atoms with Gasteiger partial charge in [0.25, 0.3) is 5.91 Å². The summed E-state index contributed by atoms with van der Waals surface area (Å²) in [4.78, 5) is 31.2. The van der Waals surface area contributed by atoms with Crippen molar-refractivity contribution in [2.24, 2.45) is 0 Å². The smallest absolute Gasteiger partial charge is 0.340 e. The number of nitrogens with zero attached hydrogens (tertiary/aromatic N) is 2. The van der Waals surface area contributed by atoms with E-state index in [4.69, 9.17) is 9.72 Å². The molecule has 1 N–H and O–H groups in total. The first-order valence-corrected chi connectivity index (χ1v) is 10.0. The standard InChI is InChI=1S/C23H21FN2O4/c1-11-12-4-3-5-13-15-9-26(2)22(28)16-10-30-23(29)21(27)14(16)6-7-18(15)25-19(20(12)13)8-17(11)24/h6-8,21,27H,3-5,9-10H2,1-2H3/b7-6+. The van der Waals surface area contributed by atoms with Crippen LogP contribution in [0, 0.1) is 12.7 Å². The number of hydrogen-bond acceptors (Lipinski definition) is 5. The van der Waals surface area contributed by atoms with Crippen LogP contribution in [-0.4, -0.2) is 46.6 Å². The number of aliphatic hydroxyl groups is 1. The van der Waals surface area contributed by atoms with E-state index in [2.05, 4.69) is 0 Å². The summed E-state index contributed by atoms with van der Waals surface area (Å²) in [6.45, 7) is 1.95. The highest BCUT2D eigenvalue weighted by Crippen LogP contribution is 2.37. The number of carbonyl (C=O) groups excluding carboxylic acids is 2. The maximum absolute atomic E-state index is 14.5. The Balaban J connectivity index is 1.78. The van der Waals surface area contributed by atoms with Crippen molar-refractivity contribution in [3.63, 3.8) is 0 Å². The van der Waals surface area contributed by atoms with Gasteiger partial charge in [-0.3, -0.25) is 4.79 Å². The summed E-state index contributed by atoms with van der Waals surface area (Å²) in [6.07, 6.45) is 4.29. The first-order valence-electron chi connectivity index (χ1n) is 10.0. The molecule has 1 unspecified atom stereocenters.